The SMILES string of the molecule is Cc1ccc(C)c(-n2cc(C(=O)O)nn2)c1. The van der Waals surface area contributed by atoms with Gasteiger partial charge < -0.3 is 5.11 Å². The Labute approximate surface area is 92.3 Å². The molecule has 0 aliphatic carbocycles. The number of carboxylic acids is 1. The van der Waals surface area contributed by atoms with Gasteiger partial charge in [-0.25, -0.2) is 9.48 Å². The van der Waals surface area contributed by atoms with E-state index in [2.05, 4.69) is 10.3 Å². The van der Waals surface area contributed by atoms with E-state index in [1.54, 1.807) is 0 Å². The largest absolute Gasteiger partial charge is 0.476 e. The van der Waals surface area contributed by atoms with E-state index in [9.17, 15) is 4.79 Å². The number of hydrogen-bond donors (Lipinski definition) is 1. The fourth-order valence-corrected chi connectivity index (χ4v) is 1.45. The second kappa shape index (κ2) is 3.77. The molecule has 0 aliphatic heterocycles. The summed E-state index contributed by atoms with van der Waals surface area (Å²) in [6.07, 6.45) is 1.41. The topological polar surface area (TPSA) is 68.0 Å². The third-order valence-electron chi connectivity index (χ3n) is 2.32. The summed E-state index contributed by atoms with van der Waals surface area (Å²) in [7, 11) is 0. The van der Waals surface area contributed by atoms with Crippen molar-refractivity contribution in [1.82, 2.24) is 15.0 Å². The second-order valence-corrected chi connectivity index (χ2v) is 3.64. The monoisotopic (exact) mass is 217 g/mol. The van der Waals surface area contributed by atoms with Crippen LogP contribution in [-0.4, -0.2) is 26.1 Å². The second-order valence-electron chi connectivity index (χ2n) is 3.64. The lowest BCUT2D eigenvalue weighted by molar-refractivity contribution is 0.0690. The third kappa shape index (κ3) is 1.79. The molecule has 0 amide bonds. The van der Waals surface area contributed by atoms with Crippen LogP contribution in [0.2, 0.25) is 0 Å². The molecule has 2 rings (SSSR count). The van der Waals surface area contributed by atoms with Crippen molar-refractivity contribution in [2.24, 2.45) is 0 Å². The Kier molecular flexibility index (Phi) is 2.44. The summed E-state index contributed by atoms with van der Waals surface area (Å²) in [6, 6.07) is 5.90. The van der Waals surface area contributed by atoms with Crippen LogP contribution in [0.25, 0.3) is 5.69 Å². The molecule has 5 nitrogen and oxygen atoms in total. The first kappa shape index (κ1) is 10.4. The highest BCUT2D eigenvalue weighted by molar-refractivity contribution is 5.84. The van der Waals surface area contributed by atoms with Crippen molar-refractivity contribution in [2.75, 3.05) is 0 Å². The van der Waals surface area contributed by atoms with E-state index in [-0.39, 0.29) is 5.69 Å². The fourth-order valence-electron chi connectivity index (χ4n) is 1.45. The van der Waals surface area contributed by atoms with Crippen LogP contribution < -0.4 is 0 Å². The van der Waals surface area contributed by atoms with Gasteiger partial charge in [0.25, 0.3) is 0 Å². The van der Waals surface area contributed by atoms with Crippen molar-refractivity contribution in [1.29, 1.82) is 0 Å². The Morgan fingerprint density at radius 2 is 2.12 bits per heavy atom. The van der Waals surface area contributed by atoms with Gasteiger partial charge in [-0.3, -0.25) is 0 Å². The van der Waals surface area contributed by atoms with Crippen LogP contribution in [0.4, 0.5) is 0 Å². The Morgan fingerprint density at radius 3 is 2.75 bits per heavy atom. The molecule has 1 heterocycles. The minimum absolute atomic E-state index is 0.0547. The van der Waals surface area contributed by atoms with Crippen LogP contribution >= 0.6 is 0 Å². The lowest BCUT2D eigenvalue weighted by atomic mass is 10.1. The van der Waals surface area contributed by atoms with E-state index in [1.807, 2.05) is 32.0 Å². The molecule has 5 heteroatoms. The quantitative estimate of drug-likeness (QED) is 0.829. The van der Waals surface area contributed by atoms with Gasteiger partial charge in [0.2, 0.25) is 0 Å². The van der Waals surface area contributed by atoms with E-state index in [0.29, 0.717) is 0 Å². The number of aromatic nitrogens is 3. The zero-order valence-electron chi connectivity index (χ0n) is 9.01. The van der Waals surface area contributed by atoms with Crippen LogP contribution in [0.1, 0.15) is 21.6 Å². The van der Waals surface area contributed by atoms with Crippen molar-refractivity contribution in [2.45, 2.75) is 13.8 Å². The van der Waals surface area contributed by atoms with Crippen molar-refractivity contribution in [3.63, 3.8) is 0 Å². The van der Waals surface area contributed by atoms with Gasteiger partial charge in [0.15, 0.2) is 5.69 Å². The molecule has 0 saturated heterocycles. The van der Waals surface area contributed by atoms with Crippen molar-refractivity contribution in [3.05, 3.63) is 41.2 Å². The summed E-state index contributed by atoms with van der Waals surface area (Å²) < 4.78 is 1.48. The average molecular weight is 217 g/mol. The third-order valence-corrected chi connectivity index (χ3v) is 2.32. The van der Waals surface area contributed by atoms with E-state index in [1.165, 1.54) is 10.9 Å². The van der Waals surface area contributed by atoms with Gasteiger partial charge in [-0.05, 0) is 31.0 Å². The molecule has 0 unspecified atom stereocenters. The lowest BCUT2D eigenvalue weighted by Gasteiger charge is -2.05. The summed E-state index contributed by atoms with van der Waals surface area (Å²) in [6.45, 7) is 3.91. The Hall–Kier alpha value is -2.17. The maximum atomic E-state index is 10.7. The highest BCUT2D eigenvalue weighted by Gasteiger charge is 2.10. The molecule has 0 aliphatic rings. The van der Waals surface area contributed by atoms with E-state index >= 15 is 0 Å². The first-order valence-electron chi connectivity index (χ1n) is 4.81. The molecule has 1 aromatic heterocycles. The maximum Gasteiger partial charge on any atom is 0.358 e. The van der Waals surface area contributed by atoms with Crippen LogP contribution in [0.15, 0.2) is 24.4 Å². The van der Waals surface area contributed by atoms with Crippen molar-refractivity contribution >= 4 is 5.97 Å². The van der Waals surface area contributed by atoms with Gasteiger partial charge in [-0.15, -0.1) is 5.10 Å². The number of nitrogens with zero attached hydrogens (tertiary/aromatic N) is 3. The predicted octanol–water partition coefficient (Wildman–Crippen LogP) is 1.58. The van der Waals surface area contributed by atoms with Crippen LogP contribution in [0.5, 0.6) is 0 Å². The van der Waals surface area contributed by atoms with E-state index in [0.717, 1.165) is 16.8 Å². The minimum Gasteiger partial charge on any atom is -0.476 e. The van der Waals surface area contributed by atoms with E-state index < -0.39 is 5.97 Å². The fraction of sp³-hybridized carbons (Fsp3) is 0.182. The average Bonchev–Trinajstić information content (AvgIpc) is 2.70. The summed E-state index contributed by atoms with van der Waals surface area (Å²) in [5.41, 5.74) is 2.90. The first-order valence-corrected chi connectivity index (χ1v) is 4.81. The highest BCUT2D eigenvalue weighted by atomic mass is 16.4. The van der Waals surface area contributed by atoms with Gasteiger partial charge in [0, 0.05) is 0 Å². The number of carboxylic acid groups (broad SMARTS) is 1. The van der Waals surface area contributed by atoms with Crippen molar-refractivity contribution < 1.29 is 9.90 Å². The summed E-state index contributed by atoms with van der Waals surface area (Å²) in [5.74, 6) is -1.07. The molecule has 0 fully saturated rings. The maximum absolute atomic E-state index is 10.7. The number of aromatic carboxylic acids is 1. The predicted molar refractivity (Wildman–Crippen MR) is 57.8 cm³/mol. The molecule has 0 atom stereocenters. The number of carbonyl (C=O) groups is 1. The number of benzene rings is 1. The Morgan fingerprint density at radius 1 is 1.38 bits per heavy atom. The first-order chi connectivity index (χ1) is 7.58. The standard InChI is InChI=1S/C11H11N3O2/c1-7-3-4-8(2)10(5-7)14-6-9(11(15)16)12-13-14/h3-6H,1-2H3,(H,15,16). The zero-order valence-corrected chi connectivity index (χ0v) is 9.01. The van der Waals surface area contributed by atoms with Gasteiger partial charge >= 0.3 is 5.97 Å². The molecule has 82 valence electrons. The molecule has 0 saturated carbocycles. The molecule has 16 heavy (non-hydrogen) atoms. The van der Waals surface area contributed by atoms with E-state index in [4.69, 9.17) is 5.11 Å². The molecule has 2 aromatic rings. The molecular weight excluding hydrogens is 206 g/mol. The molecule has 1 N–H and O–H groups in total. The van der Waals surface area contributed by atoms with Gasteiger partial charge in [-0.1, -0.05) is 17.3 Å². The summed E-state index contributed by atoms with van der Waals surface area (Å²) in [5, 5.41) is 16.1. The molecule has 1 aromatic carbocycles. The molecular formula is C11H11N3O2. The normalized spacial score (nSPS) is 10.4. The van der Waals surface area contributed by atoms with Crippen molar-refractivity contribution in [3.8, 4) is 5.69 Å². The van der Waals surface area contributed by atoms with Gasteiger partial charge in [-0.2, -0.15) is 0 Å². The number of hydrogen-bond acceptors (Lipinski definition) is 3. The molecule has 0 spiro atoms. The summed E-state index contributed by atoms with van der Waals surface area (Å²) >= 11 is 0. The molecule has 0 radical (unpaired) electrons. The number of aryl methyl sites for hydroxylation is 2. The highest BCUT2D eigenvalue weighted by Crippen LogP contribution is 2.14. The smallest absolute Gasteiger partial charge is 0.358 e. The number of rotatable bonds is 2. The van der Waals surface area contributed by atoms with Crippen LogP contribution in [0, 0.1) is 13.8 Å². The Bertz CT molecular complexity index is 546. The zero-order chi connectivity index (χ0) is 11.7. The van der Waals surface area contributed by atoms with Gasteiger partial charge in [0.1, 0.15) is 0 Å². The minimum atomic E-state index is -1.07. The van der Waals surface area contributed by atoms with Gasteiger partial charge in [0.05, 0.1) is 11.9 Å². The Balaban J connectivity index is 2.50. The molecule has 0 bridgehead atoms. The van der Waals surface area contributed by atoms with Crippen LogP contribution in [-0.2, 0) is 0 Å². The lowest BCUT2D eigenvalue weighted by Crippen LogP contribution is -1.98. The van der Waals surface area contributed by atoms with Crippen LogP contribution in [0.3, 0.4) is 0 Å². The summed E-state index contributed by atoms with van der Waals surface area (Å²) in [4.78, 5) is 10.7.